The molecule has 0 bridgehead atoms. The Bertz CT molecular complexity index is 926. The standard InChI is InChI=1S/C22H21N3OS/c1-15-10-17(12-23-11-15)25-21(26)13-24-22-18-7-3-2-6-16(18)14-27-20-9-5-4-8-19(20)22/h2-12,22,24H,13-14H2,1H3,(H,25,26). The lowest BCUT2D eigenvalue weighted by molar-refractivity contribution is -0.115. The van der Waals surface area contributed by atoms with Crippen LogP contribution in [-0.4, -0.2) is 17.4 Å². The van der Waals surface area contributed by atoms with Crippen molar-refractivity contribution in [1.82, 2.24) is 10.3 Å². The van der Waals surface area contributed by atoms with Crippen molar-refractivity contribution in [2.24, 2.45) is 0 Å². The third-order valence-electron chi connectivity index (χ3n) is 4.60. The van der Waals surface area contributed by atoms with Crippen molar-refractivity contribution in [3.05, 3.63) is 89.2 Å². The van der Waals surface area contributed by atoms with E-state index in [1.165, 1.54) is 21.6 Å². The highest BCUT2D eigenvalue weighted by molar-refractivity contribution is 7.98. The summed E-state index contributed by atoms with van der Waals surface area (Å²) >= 11 is 1.85. The Kier molecular flexibility index (Phi) is 5.23. The van der Waals surface area contributed by atoms with Gasteiger partial charge in [-0.25, -0.2) is 0 Å². The van der Waals surface area contributed by atoms with Gasteiger partial charge in [-0.2, -0.15) is 0 Å². The Morgan fingerprint density at radius 1 is 1.11 bits per heavy atom. The maximum atomic E-state index is 12.5. The number of rotatable bonds is 4. The fraction of sp³-hybridized carbons (Fsp3) is 0.182. The van der Waals surface area contributed by atoms with Crippen LogP contribution in [0.2, 0.25) is 0 Å². The molecule has 4 rings (SSSR count). The first kappa shape index (κ1) is 17.8. The third kappa shape index (κ3) is 4.04. The second-order valence-electron chi connectivity index (χ2n) is 6.64. The number of fused-ring (bicyclic) bond motifs is 2. The van der Waals surface area contributed by atoms with E-state index in [0.717, 1.165) is 17.0 Å². The summed E-state index contributed by atoms with van der Waals surface area (Å²) in [5, 5.41) is 6.38. The minimum atomic E-state index is -0.0748. The van der Waals surface area contributed by atoms with Gasteiger partial charge in [0.2, 0.25) is 5.91 Å². The van der Waals surface area contributed by atoms with Crippen molar-refractivity contribution in [1.29, 1.82) is 0 Å². The van der Waals surface area contributed by atoms with E-state index in [1.807, 2.05) is 24.8 Å². The lowest BCUT2D eigenvalue weighted by atomic mass is 9.95. The molecule has 1 aliphatic rings. The van der Waals surface area contributed by atoms with Crippen LogP contribution in [0.1, 0.15) is 28.3 Å². The summed E-state index contributed by atoms with van der Waals surface area (Å²) in [5.74, 6) is 0.862. The average molecular weight is 375 g/mol. The van der Waals surface area contributed by atoms with Gasteiger partial charge in [0.15, 0.2) is 0 Å². The van der Waals surface area contributed by atoms with E-state index in [0.29, 0.717) is 0 Å². The molecule has 27 heavy (non-hydrogen) atoms. The Balaban J connectivity index is 1.55. The minimum absolute atomic E-state index is 0.00576. The summed E-state index contributed by atoms with van der Waals surface area (Å²) in [7, 11) is 0. The lowest BCUT2D eigenvalue weighted by Crippen LogP contribution is -2.32. The zero-order valence-corrected chi connectivity index (χ0v) is 15.9. The molecule has 1 atom stereocenters. The maximum absolute atomic E-state index is 12.5. The molecule has 0 fully saturated rings. The number of aryl methyl sites for hydroxylation is 1. The summed E-state index contributed by atoms with van der Waals surface area (Å²) in [4.78, 5) is 17.8. The average Bonchev–Trinajstić information content (AvgIpc) is 2.83. The zero-order chi connectivity index (χ0) is 18.6. The van der Waals surface area contributed by atoms with Gasteiger partial charge in [-0.1, -0.05) is 42.5 Å². The van der Waals surface area contributed by atoms with Crippen LogP contribution in [0.15, 0.2) is 71.9 Å². The van der Waals surface area contributed by atoms with Crippen molar-refractivity contribution >= 4 is 23.4 Å². The van der Waals surface area contributed by atoms with Gasteiger partial charge in [-0.15, -0.1) is 11.8 Å². The molecule has 1 aliphatic heterocycles. The molecule has 2 heterocycles. The van der Waals surface area contributed by atoms with Crippen molar-refractivity contribution in [2.75, 3.05) is 11.9 Å². The molecule has 136 valence electrons. The molecular formula is C22H21N3OS. The summed E-state index contributed by atoms with van der Waals surface area (Å²) in [6.07, 6.45) is 3.43. The number of amides is 1. The molecule has 1 aromatic heterocycles. The van der Waals surface area contributed by atoms with Crippen molar-refractivity contribution in [3.8, 4) is 0 Å². The zero-order valence-electron chi connectivity index (χ0n) is 15.1. The first-order chi connectivity index (χ1) is 13.2. The number of carbonyl (C=O) groups is 1. The number of hydrogen-bond donors (Lipinski definition) is 2. The van der Waals surface area contributed by atoms with Crippen LogP contribution in [0.5, 0.6) is 0 Å². The van der Waals surface area contributed by atoms with E-state index in [2.05, 4.69) is 64.1 Å². The molecule has 3 aromatic rings. The maximum Gasteiger partial charge on any atom is 0.238 e. The first-order valence-electron chi connectivity index (χ1n) is 8.95. The fourth-order valence-electron chi connectivity index (χ4n) is 3.36. The second-order valence-corrected chi connectivity index (χ2v) is 7.66. The highest BCUT2D eigenvalue weighted by Gasteiger charge is 2.23. The monoisotopic (exact) mass is 375 g/mol. The summed E-state index contributed by atoms with van der Waals surface area (Å²) in [5.41, 5.74) is 5.50. The van der Waals surface area contributed by atoms with Crippen LogP contribution in [0.25, 0.3) is 0 Å². The molecular weight excluding hydrogens is 354 g/mol. The molecule has 5 heteroatoms. The predicted octanol–water partition coefficient (Wildman–Crippen LogP) is 4.31. The molecule has 4 nitrogen and oxygen atoms in total. The van der Waals surface area contributed by atoms with Gasteiger partial charge in [0.1, 0.15) is 0 Å². The third-order valence-corrected chi connectivity index (χ3v) is 5.74. The van der Waals surface area contributed by atoms with E-state index in [9.17, 15) is 4.79 Å². The quantitative estimate of drug-likeness (QED) is 0.713. The smallest absolute Gasteiger partial charge is 0.238 e. The summed E-state index contributed by atoms with van der Waals surface area (Å²) in [6.45, 7) is 2.18. The molecule has 0 saturated carbocycles. The van der Waals surface area contributed by atoms with Crippen LogP contribution in [0.4, 0.5) is 5.69 Å². The van der Waals surface area contributed by atoms with Crippen LogP contribution < -0.4 is 10.6 Å². The number of nitrogens with one attached hydrogen (secondary N) is 2. The van der Waals surface area contributed by atoms with Crippen LogP contribution in [0, 0.1) is 6.92 Å². The van der Waals surface area contributed by atoms with Crippen molar-refractivity contribution in [2.45, 2.75) is 23.6 Å². The van der Waals surface area contributed by atoms with Gasteiger partial charge in [-0.3, -0.25) is 15.1 Å². The van der Waals surface area contributed by atoms with Gasteiger partial charge in [0.05, 0.1) is 24.5 Å². The van der Waals surface area contributed by atoms with Gasteiger partial charge < -0.3 is 5.32 Å². The van der Waals surface area contributed by atoms with E-state index in [4.69, 9.17) is 0 Å². The Morgan fingerprint density at radius 2 is 1.89 bits per heavy atom. The van der Waals surface area contributed by atoms with Crippen molar-refractivity contribution in [3.63, 3.8) is 0 Å². The van der Waals surface area contributed by atoms with Gasteiger partial charge in [-0.05, 0) is 41.3 Å². The first-order valence-corrected chi connectivity index (χ1v) is 9.94. The molecule has 1 amide bonds. The molecule has 1 unspecified atom stereocenters. The molecule has 2 N–H and O–H groups in total. The SMILES string of the molecule is Cc1cncc(NC(=O)CNC2c3ccccc3CSc3ccccc32)c1. The molecule has 0 radical (unpaired) electrons. The van der Waals surface area contributed by atoms with Crippen LogP contribution in [-0.2, 0) is 10.5 Å². The number of carbonyl (C=O) groups excluding carboxylic acids is 1. The number of aromatic nitrogens is 1. The normalized spacial score (nSPS) is 15.4. The summed E-state index contributed by atoms with van der Waals surface area (Å²) in [6, 6.07) is 18.8. The van der Waals surface area contributed by atoms with Crippen LogP contribution in [0.3, 0.4) is 0 Å². The summed E-state index contributed by atoms with van der Waals surface area (Å²) < 4.78 is 0. The highest BCUT2D eigenvalue weighted by atomic mass is 32.2. The number of benzene rings is 2. The second kappa shape index (κ2) is 7.94. The van der Waals surface area contributed by atoms with Crippen molar-refractivity contribution < 1.29 is 4.79 Å². The van der Waals surface area contributed by atoms with E-state index in [1.54, 1.807) is 12.4 Å². The van der Waals surface area contributed by atoms with Gasteiger partial charge in [0.25, 0.3) is 0 Å². The molecule has 0 aliphatic carbocycles. The minimum Gasteiger partial charge on any atom is -0.324 e. The van der Waals surface area contributed by atoms with Gasteiger partial charge in [0, 0.05) is 16.8 Å². The Labute approximate surface area is 163 Å². The largest absolute Gasteiger partial charge is 0.324 e. The predicted molar refractivity (Wildman–Crippen MR) is 110 cm³/mol. The number of pyridine rings is 1. The Morgan fingerprint density at radius 3 is 2.74 bits per heavy atom. The number of hydrogen-bond acceptors (Lipinski definition) is 4. The van der Waals surface area contributed by atoms with E-state index in [-0.39, 0.29) is 18.5 Å². The number of nitrogens with zero attached hydrogens (tertiary/aromatic N) is 1. The number of thioether (sulfide) groups is 1. The van der Waals surface area contributed by atoms with E-state index < -0.39 is 0 Å². The Hall–Kier alpha value is -2.63. The topological polar surface area (TPSA) is 54.0 Å². The fourth-order valence-corrected chi connectivity index (χ4v) is 4.47. The molecule has 0 saturated heterocycles. The molecule has 2 aromatic carbocycles. The van der Waals surface area contributed by atoms with Gasteiger partial charge >= 0.3 is 0 Å². The molecule has 0 spiro atoms. The lowest BCUT2D eigenvalue weighted by Gasteiger charge is -2.21. The number of anilines is 1. The van der Waals surface area contributed by atoms with E-state index >= 15 is 0 Å². The van der Waals surface area contributed by atoms with Crippen LogP contribution >= 0.6 is 11.8 Å². The highest BCUT2D eigenvalue weighted by Crippen LogP contribution is 2.39.